The molecule has 0 unspecified atom stereocenters. The first-order valence-corrected chi connectivity index (χ1v) is 5.92. The Bertz CT molecular complexity index is 516. The number of pyridine rings is 1. The summed E-state index contributed by atoms with van der Waals surface area (Å²) in [4.78, 5) is 3.77. The summed E-state index contributed by atoms with van der Waals surface area (Å²) >= 11 is 0. The van der Waals surface area contributed by atoms with Gasteiger partial charge in [0.15, 0.2) is 0 Å². The fourth-order valence-electron chi connectivity index (χ4n) is 0.930. The van der Waals surface area contributed by atoms with Crippen LogP contribution in [0.25, 0.3) is 0 Å². The number of hydrogen-bond acceptors (Lipinski definition) is 4. The number of rotatable bonds is 3. The van der Waals surface area contributed by atoms with Crippen molar-refractivity contribution in [2.45, 2.75) is 6.42 Å². The molecule has 1 heterocycles. The van der Waals surface area contributed by atoms with Gasteiger partial charge in [-0.05, 0) is 12.1 Å². The molecule has 0 saturated carbocycles. The first kappa shape index (κ1) is 12.4. The lowest BCUT2D eigenvalue weighted by molar-refractivity contribution is 0.305. The van der Waals surface area contributed by atoms with E-state index in [9.17, 15) is 8.42 Å². The minimum atomic E-state index is -3.82. The van der Waals surface area contributed by atoms with Gasteiger partial charge in [0.25, 0.3) is 10.2 Å². The Kier molecular flexibility index (Phi) is 4.25. The van der Waals surface area contributed by atoms with Crippen LogP contribution in [0.15, 0.2) is 18.3 Å². The smallest absolute Gasteiger partial charge is 0.297 e. The summed E-state index contributed by atoms with van der Waals surface area (Å²) in [6.45, 7) is -0.0135. The van der Waals surface area contributed by atoms with Gasteiger partial charge < -0.3 is 5.11 Å². The van der Waals surface area contributed by atoms with E-state index in [1.807, 2.05) is 4.72 Å². The first-order valence-electron chi connectivity index (χ1n) is 4.37. The largest absolute Gasteiger partial charge is 0.395 e. The molecule has 86 valence electrons. The lowest BCUT2D eigenvalue weighted by Crippen LogP contribution is -2.22. The summed E-state index contributed by atoms with van der Waals surface area (Å²) in [5.74, 6) is 5.56. The molecule has 6 nitrogen and oxygen atoms in total. The second kappa shape index (κ2) is 5.46. The van der Waals surface area contributed by atoms with Crippen LogP contribution in [0, 0.1) is 11.8 Å². The van der Waals surface area contributed by atoms with Crippen molar-refractivity contribution in [2.75, 3.05) is 11.3 Å². The maximum absolute atomic E-state index is 10.7. The number of aliphatic hydroxyl groups excluding tert-OH is 1. The highest BCUT2D eigenvalue weighted by atomic mass is 32.2. The molecule has 0 bridgehead atoms. The number of nitrogens with zero attached hydrogens (tertiary/aromatic N) is 1. The highest BCUT2D eigenvalue weighted by Gasteiger charge is 2.02. The molecule has 1 aromatic rings. The quantitative estimate of drug-likeness (QED) is 0.616. The monoisotopic (exact) mass is 241 g/mol. The Hall–Kier alpha value is -1.62. The normalized spacial score (nSPS) is 10.4. The molecule has 0 atom stereocenters. The number of nitrogens with two attached hydrogens (primary N) is 1. The maximum atomic E-state index is 10.7. The summed E-state index contributed by atoms with van der Waals surface area (Å²) in [5, 5.41) is 13.3. The second-order valence-electron chi connectivity index (χ2n) is 2.85. The average Bonchev–Trinajstić information content (AvgIpc) is 2.16. The molecule has 0 aliphatic carbocycles. The Balaban J connectivity index is 2.84. The predicted octanol–water partition coefficient (Wildman–Crippen LogP) is -0.569. The molecular formula is C9H11N3O3S. The molecular weight excluding hydrogens is 230 g/mol. The van der Waals surface area contributed by atoms with Crippen LogP contribution in [0.1, 0.15) is 12.0 Å². The zero-order chi connectivity index (χ0) is 12.0. The van der Waals surface area contributed by atoms with Crippen molar-refractivity contribution in [1.29, 1.82) is 0 Å². The van der Waals surface area contributed by atoms with Gasteiger partial charge in [0.2, 0.25) is 0 Å². The van der Waals surface area contributed by atoms with Gasteiger partial charge in [0.1, 0.15) is 5.82 Å². The van der Waals surface area contributed by atoms with E-state index in [-0.39, 0.29) is 12.4 Å². The maximum Gasteiger partial charge on any atom is 0.297 e. The van der Waals surface area contributed by atoms with Gasteiger partial charge in [-0.1, -0.05) is 11.8 Å². The minimum Gasteiger partial charge on any atom is -0.395 e. The number of aromatic nitrogens is 1. The Morgan fingerprint density at radius 1 is 1.56 bits per heavy atom. The summed E-state index contributed by atoms with van der Waals surface area (Å²) in [6, 6.07) is 3.08. The molecule has 1 rings (SSSR count). The number of hydrogen-bond donors (Lipinski definition) is 3. The van der Waals surface area contributed by atoms with Crippen LogP contribution >= 0.6 is 0 Å². The van der Waals surface area contributed by atoms with Gasteiger partial charge >= 0.3 is 0 Å². The zero-order valence-corrected chi connectivity index (χ0v) is 9.16. The van der Waals surface area contributed by atoms with Crippen LogP contribution in [0.4, 0.5) is 5.82 Å². The summed E-state index contributed by atoms with van der Waals surface area (Å²) in [6.07, 6.45) is 1.77. The van der Waals surface area contributed by atoms with Crippen LogP contribution in [0.5, 0.6) is 0 Å². The van der Waals surface area contributed by atoms with Gasteiger partial charge in [-0.3, -0.25) is 4.72 Å². The zero-order valence-electron chi connectivity index (χ0n) is 8.34. The number of aliphatic hydroxyl groups is 1. The molecule has 0 fully saturated rings. The summed E-state index contributed by atoms with van der Waals surface area (Å²) < 4.78 is 23.5. The van der Waals surface area contributed by atoms with E-state index in [0.29, 0.717) is 12.0 Å². The van der Waals surface area contributed by atoms with Crippen LogP contribution in [0.2, 0.25) is 0 Å². The van der Waals surface area contributed by atoms with E-state index in [1.165, 1.54) is 12.3 Å². The van der Waals surface area contributed by atoms with Crippen molar-refractivity contribution in [3.63, 3.8) is 0 Å². The van der Waals surface area contributed by atoms with E-state index in [2.05, 4.69) is 16.8 Å². The van der Waals surface area contributed by atoms with Crippen molar-refractivity contribution in [2.24, 2.45) is 5.14 Å². The Morgan fingerprint density at radius 3 is 2.94 bits per heavy atom. The fraction of sp³-hybridized carbons (Fsp3) is 0.222. The third-order valence-electron chi connectivity index (χ3n) is 1.48. The van der Waals surface area contributed by atoms with Crippen molar-refractivity contribution >= 4 is 16.0 Å². The fourth-order valence-corrected chi connectivity index (χ4v) is 1.33. The standard InChI is InChI=1S/C9H11N3O3S/c10-16(14,15)12-9-7-8(4-5-11-9)3-1-2-6-13/h4-5,7,13H,2,6H2,(H,11,12)(H2,10,14,15). The lowest BCUT2D eigenvalue weighted by atomic mass is 10.2. The van der Waals surface area contributed by atoms with Crippen LogP contribution in [0.3, 0.4) is 0 Å². The van der Waals surface area contributed by atoms with Gasteiger partial charge in [-0.2, -0.15) is 8.42 Å². The van der Waals surface area contributed by atoms with Crippen molar-refractivity contribution < 1.29 is 13.5 Å². The van der Waals surface area contributed by atoms with Crippen LogP contribution in [-0.4, -0.2) is 25.1 Å². The topological polar surface area (TPSA) is 105 Å². The summed E-state index contributed by atoms with van der Waals surface area (Å²) in [5.41, 5.74) is 0.592. The SMILES string of the molecule is NS(=O)(=O)Nc1cc(C#CCCO)ccn1. The Morgan fingerprint density at radius 2 is 2.31 bits per heavy atom. The third kappa shape index (κ3) is 4.75. The van der Waals surface area contributed by atoms with E-state index in [1.54, 1.807) is 6.07 Å². The van der Waals surface area contributed by atoms with E-state index >= 15 is 0 Å². The first-order chi connectivity index (χ1) is 7.51. The van der Waals surface area contributed by atoms with Gasteiger partial charge in [0, 0.05) is 18.2 Å². The third-order valence-corrected chi connectivity index (χ3v) is 1.97. The van der Waals surface area contributed by atoms with Crippen LogP contribution in [-0.2, 0) is 10.2 Å². The second-order valence-corrected chi connectivity index (χ2v) is 4.15. The Labute approximate surface area is 93.7 Å². The highest BCUT2D eigenvalue weighted by Crippen LogP contribution is 2.06. The van der Waals surface area contributed by atoms with Crippen molar-refractivity contribution in [1.82, 2.24) is 4.98 Å². The highest BCUT2D eigenvalue weighted by molar-refractivity contribution is 7.90. The van der Waals surface area contributed by atoms with Gasteiger partial charge in [-0.25, -0.2) is 10.1 Å². The van der Waals surface area contributed by atoms with Gasteiger partial charge in [0.05, 0.1) is 6.61 Å². The van der Waals surface area contributed by atoms with Crippen LogP contribution < -0.4 is 9.86 Å². The molecule has 0 saturated heterocycles. The van der Waals surface area contributed by atoms with Crippen molar-refractivity contribution in [3.05, 3.63) is 23.9 Å². The molecule has 1 aromatic heterocycles. The molecule has 4 N–H and O–H groups in total. The molecule has 0 spiro atoms. The van der Waals surface area contributed by atoms with Gasteiger partial charge in [-0.15, -0.1) is 0 Å². The molecule has 0 aliphatic heterocycles. The molecule has 16 heavy (non-hydrogen) atoms. The van der Waals surface area contributed by atoms with E-state index in [4.69, 9.17) is 10.2 Å². The number of nitrogens with one attached hydrogen (secondary N) is 1. The van der Waals surface area contributed by atoms with E-state index < -0.39 is 10.2 Å². The summed E-state index contributed by atoms with van der Waals surface area (Å²) in [7, 11) is -3.82. The lowest BCUT2D eigenvalue weighted by Gasteiger charge is -2.01. The molecule has 7 heteroatoms. The predicted molar refractivity (Wildman–Crippen MR) is 59.5 cm³/mol. The molecule has 0 radical (unpaired) electrons. The molecule has 0 amide bonds. The molecule has 0 aliphatic rings. The van der Waals surface area contributed by atoms with Crippen molar-refractivity contribution in [3.8, 4) is 11.8 Å². The molecule has 0 aromatic carbocycles. The number of anilines is 1. The van der Waals surface area contributed by atoms with E-state index in [0.717, 1.165) is 0 Å². The average molecular weight is 241 g/mol. The minimum absolute atomic E-state index is 0.0135.